The summed E-state index contributed by atoms with van der Waals surface area (Å²) in [5.74, 6) is -0.0636. The van der Waals surface area contributed by atoms with Crippen LogP contribution in [0.1, 0.15) is 45.9 Å². The van der Waals surface area contributed by atoms with E-state index in [0.29, 0.717) is 37.1 Å². The molecule has 7 nitrogen and oxygen atoms in total. The van der Waals surface area contributed by atoms with E-state index in [1.165, 1.54) is 0 Å². The van der Waals surface area contributed by atoms with Crippen molar-refractivity contribution >= 4 is 11.6 Å². The molecule has 1 aliphatic carbocycles. The third-order valence-corrected chi connectivity index (χ3v) is 6.42. The van der Waals surface area contributed by atoms with Crippen LogP contribution in [0.3, 0.4) is 0 Å². The fraction of sp³-hybridized carbons (Fsp3) is 0.381. The molecule has 1 spiro atoms. The number of likely N-dealkylation sites (tertiary alicyclic amines) is 1. The minimum atomic E-state index is -0.622. The maximum absolute atomic E-state index is 13.1. The smallest absolute Gasteiger partial charge is 0.259 e. The highest BCUT2D eigenvalue weighted by atomic mass is 16.3. The van der Waals surface area contributed by atoms with E-state index in [4.69, 9.17) is 5.73 Å². The number of hydrogen-bond donors (Lipinski definition) is 2. The van der Waals surface area contributed by atoms with Crippen LogP contribution < -0.4 is 5.73 Å². The van der Waals surface area contributed by atoms with Gasteiger partial charge >= 0.3 is 0 Å². The summed E-state index contributed by atoms with van der Waals surface area (Å²) in [4.78, 5) is 19.3. The van der Waals surface area contributed by atoms with Gasteiger partial charge in [-0.05, 0) is 36.5 Å². The van der Waals surface area contributed by atoms with Gasteiger partial charge in [0.05, 0.1) is 18.3 Å². The molecule has 2 aromatic heterocycles. The van der Waals surface area contributed by atoms with Gasteiger partial charge in [-0.1, -0.05) is 24.3 Å². The number of carbonyl (C=O) groups is 1. The normalized spacial score (nSPS) is 23.3. The van der Waals surface area contributed by atoms with Crippen LogP contribution in [0.15, 0.2) is 42.9 Å². The average Bonchev–Trinajstić information content (AvgIpc) is 3.22. The Morgan fingerprint density at radius 3 is 2.79 bits per heavy atom. The molecule has 0 unspecified atom stereocenters. The fourth-order valence-electron chi connectivity index (χ4n) is 4.88. The number of fused-ring (bicyclic) bond motifs is 3. The molecule has 1 aromatic carbocycles. The van der Waals surface area contributed by atoms with Crippen molar-refractivity contribution in [3.05, 3.63) is 65.1 Å². The molecule has 0 radical (unpaired) electrons. The number of amides is 1. The summed E-state index contributed by atoms with van der Waals surface area (Å²) in [6, 6.07) is 7.66. The maximum atomic E-state index is 13.1. The number of rotatable bonds is 1. The maximum Gasteiger partial charge on any atom is 0.259 e. The molecule has 3 aromatic rings. The van der Waals surface area contributed by atoms with E-state index < -0.39 is 6.10 Å². The summed E-state index contributed by atoms with van der Waals surface area (Å²) in [5.41, 5.74) is 10.2. The first kappa shape index (κ1) is 17.3. The number of aliphatic hydroxyl groups is 1. The SMILES string of the molecule is Cc1cnc2c(C(=O)N3CCC4(CC3)c3ccccc3[C@@H](N)[C@@H]4O)cnn2c1. The first-order valence-corrected chi connectivity index (χ1v) is 9.63. The number of aromatic nitrogens is 3. The predicted molar refractivity (Wildman–Crippen MR) is 104 cm³/mol. The molecule has 2 atom stereocenters. The third-order valence-electron chi connectivity index (χ3n) is 6.42. The van der Waals surface area contributed by atoms with Gasteiger partial charge in [0.25, 0.3) is 5.91 Å². The van der Waals surface area contributed by atoms with E-state index in [0.717, 1.165) is 16.7 Å². The molecule has 28 heavy (non-hydrogen) atoms. The molecule has 1 fully saturated rings. The Kier molecular flexibility index (Phi) is 3.79. The van der Waals surface area contributed by atoms with Crippen LogP contribution >= 0.6 is 0 Å². The Bertz CT molecular complexity index is 1070. The van der Waals surface area contributed by atoms with Crippen LogP contribution in [0, 0.1) is 6.92 Å². The molecule has 5 rings (SSSR count). The van der Waals surface area contributed by atoms with Crippen LogP contribution in [-0.2, 0) is 5.41 Å². The van der Waals surface area contributed by atoms with Crippen molar-refractivity contribution in [2.45, 2.75) is 37.3 Å². The summed E-state index contributed by atoms with van der Waals surface area (Å²) in [6.07, 6.45) is 5.95. The zero-order chi connectivity index (χ0) is 19.5. The van der Waals surface area contributed by atoms with Crippen LogP contribution in [-0.4, -0.2) is 49.7 Å². The zero-order valence-electron chi connectivity index (χ0n) is 15.7. The van der Waals surface area contributed by atoms with Gasteiger partial charge in [-0.25, -0.2) is 9.50 Å². The predicted octanol–water partition coefficient (Wildman–Crippen LogP) is 1.59. The zero-order valence-corrected chi connectivity index (χ0v) is 15.7. The van der Waals surface area contributed by atoms with Crippen molar-refractivity contribution < 1.29 is 9.90 Å². The van der Waals surface area contributed by atoms with Gasteiger partial charge in [-0.3, -0.25) is 4.79 Å². The number of piperidine rings is 1. The number of benzene rings is 1. The van der Waals surface area contributed by atoms with Gasteiger partial charge in [0, 0.05) is 30.9 Å². The topological polar surface area (TPSA) is 96.8 Å². The van der Waals surface area contributed by atoms with Crippen LogP contribution in [0.25, 0.3) is 5.65 Å². The Morgan fingerprint density at radius 1 is 1.25 bits per heavy atom. The molecule has 1 saturated heterocycles. The molecule has 0 saturated carbocycles. The molecule has 3 N–H and O–H groups in total. The summed E-state index contributed by atoms with van der Waals surface area (Å²) in [7, 11) is 0. The number of nitrogens with two attached hydrogens (primary N) is 1. The van der Waals surface area contributed by atoms with Crippen molar-refractivity contribution in [1.82, 2.24) is 19.5 Å². The van der Waals surface area contributed by atoms with Gasteiger partial charge in [-0.2, -0.15) is 5.10 Å². The van der Waals surface area contributed by atoms with Crippen molar-refractivity contribution in [3.8, 4) is 0 Å². The number of hydrogen-bond acceptors (Lipinski definition) is 5. The van der Waals surface area contributed by atoms with E-state index in [1.807, 2.05) is 36.2 Å². The van der Waals surface area contributed by atoms with Gasteiger partial charge in [0.1, 0.15) is 5.56 Å². The Morgan fingerprint density at radius 2 is 2.00 bits per heavy atom. The van der Waals surface area contributed by atoms with Gasteiger partial charge in [0.2, 0.25) is 0 Å². The lowest BCUT2D eigenvalue weighted by Crippen LogP contribution is -2.50. The summed E-state index contributed by atoms with van der Waals surface area (Å²) >= 11 is 0. The molecule has 144 valence electrons. The molecular weight excluding hydrogens is 354 g/mol. The van der Waals surface area contributed by atoms with Crippen molar-refractivity contribution in [3.63, 3.8) is 0 Å². The largest absolute Gasteiger partial charge is 0.390 e. The van der Waals surface area contributed by atoms with Crippen molar-refractivity contribution in [1.29, 1.82) is 0 Å². The second-order valence-electron chi connectivity index (χ2n) is 7.96. The van der Waals surface area contributed by atoms with E-state index >= 15 is 0 Å². The summed E-state index contributed by atoms with van der Waals surface area (Å²) < 4.78 is 1.64. The first-order valence-electron chi connectivity index (χ1n) is 9.63. The van der Waals surface area contributed by atoms with Gasteiger partial charge < -0.3 is 15.7 Å². The highest BCUT2D eigenvalue weighted by Gasteiger charge is 2.51. The summed E-state index contributed by atoms with van der Waals surface area (Å²) in [5, 5.41) is 15.2. The van der Waals surface area contributed by atoms with Crippen molar-refractivity contribution in [2.24, 2.45) is 5.73 Å². The monoisotopic (exact) mass is 377 g/mol. The number of carbonyl (C=O) groups excluding carboxylic acids is 1. The third kappa shape index (κ3) is 2.33. The van der Waals surface area contributed by atoms with Crippen LogP contribution in [0.5, 0.6) is 0 Å². The standard InChI is InChI=1S/C21H23N5O2/c1-13-10-23-19-15(11-24-26(19)12-13)20(28)25-8-6-21(7-9-25)16-5-3-2-4-14(16)17(22)18(21)27/h2-5,10-12,17-18,27H,6-9,22H2,1H3/t17-,18+/m1/s1. The fourth-order valence-corrected chi connectivity index (χ4v) is 4.88. The lowest BCUT2D eigenvalue weighted by atomic mass is 9.72. The number of aryl methyl sites for hydroxylation is 1. The van der Waals surface area contributed by atoms with Gasteiger partial charge in [-0.15, -0.1) is 0 Å². The van der Waals surface area contributed by atoms with E-state index in [9.17, 15) is 9.90 Å². The number of nitrogens with zero attached hydrogens (tertiary/aromatic N) is 4. The Labute approximate surface area is 162 Å². The quantitative estimate of drug-likeness (QED) is 0.671. The van der Waals surface area contributed by atoms with E-state index in [1.54, 1.807) is 16.9 Å². The molecule has 1 aliphatic heterocycles. The lowest BCUT2D eigenvalue weighted by molar-refractivity contribution is 0.0263. The first-order chi connectivity index (χ1) is 13.5. The van der Waals surface area contributed by atoms with Crippen molar-refractivity contribution in [2.75, 3.05) is 13.1 Å². The minimum absolute atomic E-state index is 0.0636. The van der Waals surface area contributed by atoms with E-state index in [2.05, 4.69) is 16.1 Å². The molecular formula is C21H23N5O2. The molecule has 7 heteroatoms. The minimum Gasteiger partial charge on any atom is -0.390 e. The van der Waals surface area contributed by atoms with Crippen LogP contribution in [0.2, 0.25) is 0 Å². The molecule has 1 amide bonds. The Balaban J connectivity index is 1.41. The number of aliphatic hydroxyl groups excluding tert-OH is 1. The highest BCUT2D eigenvalue weighted by molar-refractivity contribution is 5.99. The van der Waals surface area contributed by atoms with Gasteiger partial charge in [0.15, 0.2) is 5.65 Å². The summed E-state index contributed by atoms with van der Waals surface area (Å²) in [6.45, 7) is 3.08. The molecule has 0 bridgehead atoms. The van der Waals surface area contributed by atoms with E-state index in [-0.39, 0.29) is 17.4 Å². The Hall–Kier alpha value is -2.77. The average molecular weight is 377 g/mol. The van der Waals surface area contributed by atoms with Crippen LogP contribution in [0.4, 0.5) is 0 Å². The second kappa shape index (κ2) is 6.12. The highest BCUT2D eigenvalue weighted by Crippen LogP contribution is 2.50. The molecule has 2 aliphatic rings. The lowest BCUT2D eigenvalue weighted by Gasteiger charge is -2.42. The molecule has 3 heterocycles. The second-order valence-corrected chi connectivity index (χ2v) is 7.96.